The molecule has 5 nitrogen and oxygen atoms in total. The van der Waals surface area contributed by atoms with Gasteiger partial charge in [0, 0.05) is 11.6 Å². The van der Waals surface area contributed by atoms with Crippen molar-refractivity contribution in [2.75, 3.05) is 27.4 Å². The number of carbonyl (C=O) groups is 1. The number of benzene rings is 3. The van der Waals surface area contributed by atoms with Crippen LogP contribution in [0.15, 0.2) is 54.6 Å². The van der Waals surface area contributed by atoms with Crippen LogP contribution in [0.2, 0.25) is 10.0 Å². The second-order valence-corrected chi connectivity index (χ2v) is 8.97. The summed E-state index contributed by atoms with van der Waals surface area (Å²) in [7, 11) is 3.02. The molecular weight excluding hydrogens is 518 g/mol. The van der Waals surface area contributed by atoms with Crippen molar-refractivity contribution in [3.05, 3.63) is 86.9 Å². The summed E-state index contributed by atoms with van der Waals surface area (Å²) in [4.78, 5) is 15.2. The Morgan fingerprint density at radius 3 is 2.44 bits per heavy atom. The first-order valence-electron chi connectivity index (χ1n) is 10.9. The molecule has 0 aliphatic carbocycles. The summed E-state index contributed by atoms with van der Waals surface area (Å²) in [5, 5.41) is 0.586. The Balaban J connectivity index is 1.73. The minimum absolute atomic E-state index is 0.0330. The molecule has 0 spiro atoms. The standard InChI is InChI=1S/C26H22Cl2F3NO4/c1-34-23-10-15-8-9-32(25(33)20-12-17(27)6-7-21(20)28)22(19(15)13-24(23)35-2)14-36-18-5-3-4-16(11-18)26(29,30)31/h3-7,10-13,22H,8-9,14H2,1-2H3. The molecule has 0 aromatic heterocycles. The van der Waals surface area contributed by atoms with E-state index in [0.29, 0.717) is 29.5 Å². The Morgan fingerprint density at radius 2 is 1.75 bits per heavy atom. The van der Waals surface area contributed by atoms with Gasteiger partial charge in [-0.2, -0.15) is 13.2 Å². The smallest absolute Gasteiger partial charge is 0.416 e. The van der Waals surface area contributed by atoms with Gasteiger partial charge in [-0.3, -0.25) is 4.79 Å². The van der Waals surface area contributed by atoms with Crippen molar-refractivity contribution >= 4 is 29.1 Å². The van der Waals surface area contributed by atoms with Gasteiger partial charge in [-0.05, 0) is 66.1 Å². The zero-order valence-corrected chi connectivity index (χ0v) is 20.9. The minimum atomic E-state index is -4.51. The third-order valence-electron chi connectivity index (χ3n) is 5.99. The number of halogens is 5. The SMILES string of the molecule is COc1cc2c(cc1OC)C(COc1cccc(C(F)(F)F)c1)N(C(=O)c1cc(Cl)ccc1Cl)CC2. The molecule has 1 atom stereocenters. The maximum absolute atomic E-state index is 13.6. The lowest BCUT2D eigenvalue weighted by atomic mass is 9.91. The van der Waals surface area contributed by atoms with Gasteiger partial charge in [0.15, 0.2) is 11.5 Å². The molecule has 1 unspecified atom stereocenters. The van der Waals surface area contributed by atoms with Crippen molar-refractivity contribution in [3.63, 3.8) is 0 Å². The van der Waals surface area contributed by atoms with E-state index in [0.717, 1.165) is 23.3 Å². The number of alkyl halides is 3. The van der Waals surface area contributed by atoms with Crippen LogP contribution >= 0.6 is 23.2 Å². The van der Waals surface area contributed by atoms with E-state index >= 15 is 0 Å². The highest BCUT2D eigenvalue weighted by molar-refractivity contribution is 6.35. The summed E-state index contributed by atoms with van der Waals surface area (Å²) in [6.07, 6.45) is -3.99. The highest BCUT2D eigenvalue weighted by atomic mass is 35.5. The summed E-state index contributed by atoms with van der Waals surface area (Å²) in [5.74, 6) is 0.646. The van der Waals surface area contributed by atoms with Gasteiger partial charge in [0.2, 0.25) is 0 Å². The summed E-state index contributed by atoms with van der Waals surface area (Å²) in [6.45, 7) is 0.217. The molecule has 0 fully saturated rings. The second-order valence-electron chi connectivity index (χ2n) is 8.13. The Labute approximate surface area is 216 Å². The minimum Gasteiger partial charge on any atom is -0.493 e. The third kappa shape index (κ3) is 5.34. The molecule has 1 amide bonds. The number of ether oxygens (including phenoxy) is 3. The average Bonchev–Trinajstić information content (AvgIpc) is 2.86. The number of rotatable bonds is 6. The van der Waals surface area contributed by atoms with Crippen LogP contribution in [0.5, 0.6) is 17.2 Å². The number of hydrogen-bond acceptors (Lipinski definition) is 4. The Bertz CT molecular complexity index is 1280. The normalized spacial score (nSPS) is 15.3. The van der Waals surface area contributed by atoms with Crippen LogP contribution in [0.3, 0.4) is 0 Å². The molecule has 0 N–H and O–H groups in total. The first-order chi connectivity index (χ1) is 17.1. The van der Waals surface area contributed by atoms with Crippen molar-refractivity contribution in [2.24, 2.45) is 0 Å². The number of methoxy groups -OCH3 is 2. The molecule has 0 saturated carbocycles. The van der Waals surface area contributed by atoms with E-state index in [9.17, 15) is 18.0 Å². The Hall–Kier alpha value is -3.10. The van der Waals surface area contributed by atoms with Crippen LogP contribution in [0.4, 0.5) is 13.2 Å². The lowest BCUT2D eigenvalue weighted by Gasteiger charge is -2.38. The zero-order chi connectivity index (χ0) is 26.0. The maximum atomic E-state index is 13.6. The molecule has 1 aliphatic rings. The average molecular weight is 540 g/mol. The lowest BCUT2D eigenvalue weighted by Crippen LogP contribution is -2.42. The van der Waals surface area contributed by atoms with Crippen LogP contribution in [-0.4, -0.2) is 38.2 Å². The summed E-state index contributed by atoms with van der Waals surface area (Å²) < 4.78 is 56.2. The van der Waals surface area contributed by atoms with Gasteiger partial charge >= 0.3 is 6.18 Å². The van der Waals surface area contributed by atoms with Gasteiger partial charge in [0.05, 0.1) is 36.4 Å². The van der Waals surface area contributed by atoms with Crippen LogP contribution in [-0.2, 0) is 12.6 Å². The van der Waals surface area contributed by atoms with Crippen molar-refractivity contribution in [1.82, 2.24) is 4.90 Å². The molecular formula is C26H22Cl2F3NO4. The van der Waals surface area contributed by atoms with Crippen LogP contribution in [0, 0.1) is 0 Å². The van der Waals surface area contributed by atoms with E-state index in [1.54, 1.807) is 17.0 Å². The van der Waals surface area contributed by atoms with Crippen LogP contribution in [0.1, 0.15) is 33.1 Å². The fourth-order valence-electron chi connectivity index (χ4n) is 4.20. The second kappa shape index (κ2) is 10.5. The number of nitrogens with zero attached hydrogens (tertiary/aromatic N) is 1. The molecule has 3 aromatic carbocycles. The van der Waals surface area contributed by atoms with Gasteiger partial charge in [-0.15, -0.1) is 0 Å². The van der Waals surface area contributed by atoms with Crippen molar-refractivity contribution in [1.29, 1.82) is 0 Å². The predicted molar refractivity (Wildman–Crippen MR) is 130 cm³/mol. The fourth-order valence-corrected chi connectivity index (χ4v) is 4.57. The van der Waals surface area contributed by atoms with E-state index in [1.807, 2.05) is 6.07 Å². The van der Waals surface area contributed by atoms with Crippen LogP contribution in [0.25, 0.3) is 0 Å². The monoisotopic (exact) mass is 539 g/mol. The molecule has 10 heteroatoms. The van der Waals surface area contributed by atoms with Crippen molar-refractivity contribution in [3.8, 4) is 17.2 Å². The van der Waals surface area contributed by atoms with Gasteiger partial charge in [-0.25, -0.2) is 0 Å². The van der Waals surface area contributed by atoms with E-state index < -0.39 is 17.8 Å². The Kier molecular flexibility index (Phi) is 7.57. The molecule has 36 heavy (non-hydrogen) atoms. The summed E-state index contributed by atoms with van der Waals surface area (Å²) >= 11 is 12.4. The van der Waals surface area contributed by atoms with Gasteiger partial charge in [-0.1, -0.05) is 29.3 Å². The summed E-state index contributed by atoms with van der Waals surface area (Å²) in [5.41, 5.74) is 1.04. The van der Waals surface area contributed by atoms with E-state index in [2.05, 4.69) is 0 Å². The van der Waals surface area contributed by atoms with E-state index in [1.165, 1.54) is 38.5 Å². The number of amides is 1. The van der Waals surface area contributed by atoms with E-state index in [4.69, 9.17) is 37.4 Å². The lowest BCUT2D eigenvalue weighted by molar-refractivity contribution is -0.137. The topological polar surface area (TPSA) is 48.0 Å². The van der Waals surface area contributed by atoms with Gasteiger partial charge in [0.25, 0.3) is 5.91 Å². The molecule has 190 valence electrons. The van der Waals surface area contributed by atoms with Gasteiger partial charge in [0.1, 0.15) is 12.4 Å². The molecule has 0 bridgehead atoms. The molecule has 0 saturated heterocycles. The molecule has 1 aliphatic heterocycles. The first kappa shape index (κ1) is 26.0. The van der Waals surface area contributed by atoms with Crippen LogP contribution < -0.4 is 14.2 Å². The maximum Gasteiger partial charge on any atom is 0.416 e. The molecule has 4 rings (SSSR count). The molecule has 1 heterocycles. The van der Waals surface area contributed by atoms with Gasteiger partial charge < -0.3 is 19.1 Å². The predicted octanol–water partition coefficient (Wildman–Crippen LogP) is 6.85. The number of carbonyl (C=O) groups excluding carboxylic acids is 1. The quantitative estimate of drug-likeness (QED) is 0.343. The van der Waals surface area contributed by atoms with Crippen molar-refractivity contribution < 1.29 is 32.2 Å². The largest absolute Gasteiger partial charge is 0.493 e. The highest BCUT2D eigenvalue weighted by Crippen LogP contribution is 2.40. The highest BCUT2D eigenvalue weighted by Gasteiger charge is 2.35. The first-order valence-corrected chi connectivity index (χ1v) is 11.7. The molecule has 0 radical (unpaired) electrons. The number of fused-ring (bicyclic) bond motifs is 1. The van der Waals surface area contributed by atoms with Crippen molar-refractivity contribution in [2.45, 2.75) is 18.6 Å². The molecule has 3 aromatic rings. The Morgan fingerprint density at radius 1 is 1.03 bits per heavy atom. The zero-order valence-electron chi connectivity index (χ0n) is 19.4. The summed E-state index contributed by atoms with van der Waals surface area (Å²) in [6, 6.07) is 12.2. The number of hydrogen-bond donors (Lipinski definition) is 0. The third-order valence-corrected chi connectivity index (χ3v) is 6.56. The fraction of sp³-hybridized carbons (Fsp3) is 0.269. The van der Waals surface area contributed by atoms with E-state index in [-0.39, 0.29) is 28.8 Å².